The second kappa shape index (κ2) is 8.27. The molecule has 0 radical (unpaired) electrons. The molecule has 0 spiro atoms. The van der Waals surface area contributed by atoms with E-state index in [0.717, 1.165) is 30.8 Å². The third kappa shape index (κ3) is 4.49. The van der Waals surface area contributed by atoms with Crippen LogP contribution in [0.25, 0.3) is 0 Å². The van der Waals surface area contributed by atoms with Crippen molar-refractivity contribution in [2.45, 2.75) is 40.2 Å². The molecule has 1 aromatic rings. The fourth-order valence-corrected chi connectivity index (χ4v) is 2.48. The summed E-state index contributed by atoms with van der Waals surface area (Å²) < 4.78 is 6.81. The molecule has 114 valence electrons. The largest absolute Gasteiger partial charge is 0.465 e. The maximum absolute atomic E-state index is 11.6. The van der Waals surface area contributed by atoms with Crippen molar-refractivity contribution in [1.82, 2.24) is 14.7 Å². The summed E-state index contributed by atoms with van der Waals surface area (Å²) in [6, 6.07) is 0. The van der Waals surface area contributed by atoms with Crippen molar-refractivity contribution in [2.75, 3.05) is 19.7 Å². The molecule has 0 saturated heterocycles. The second-order valence-corrected chi connectivity index (χ2v) is 5.08. The van der Waals surface area contributed by atoms with E-state index in [-0.39, 0.29) is 12.5 Å². The fraction of sp³-hybridized carbons (Fsp3) is 0.714. The molecule has 0 amide bonds. The number of nitrogens with zero attached hydrogens (tertiary/aromatic N) is 3. The molecule has 0 bridgehead atoms. The molecule has 0 fully saturated rings. The average molecular weight is 302 g/mol. The van der Waals surface area contributed by atoms with Crippen LogP contribution in [-0.4, -0.2) is 40.3 Å². The van der Waals surface area contributed by atoms with E-state index in [1.54, 1.807) is 4.68 Å². The summed E-state index contributed by atoms with van der Waals surface area (Å²) in [4.78, 5) is 13.7. The van der Waals surface area contributed by atoms with Crippen LogP contribution in [0, 0.1) is 0 Å². The first kappa shape index (κ1) is 17.0. The number of esters is 1. The minimum atomic E-state index is -0.199. The van der Waals surface area contributed by atoms with Crippen LogP contribution in [0.1, 0.15) is 38.6 Å². The quantitative estimate of drug-likeness (QED) is 0.692. The van der Waals surface area contributed by atoms with Crippen molar-refractivity contribution in [1.29, 1.82) is 0 Å². The molecule has 0 aliphatic heterocycles. The lowest BCUT2D eigenvalue weighted by molar-refractivity contribution is -0.144. The van der Waals surface area contributed by atoms with Crippen LogP contribution in [0.15, 0.2) is 0 Å². The molecule has 0 unspecified atom stereocenters. The van der Waals surface area contributed by atoms with Crippen LogP contribution in [0.2, 0.25) is 5.02 Å². The summed E-state index contributed by atoms with van der Waals surface area (Å²) >= 11 is 6.35. The van der Waals surface area contributed by atoms with Gasteiger partial charge in [0.1, 0.15) is 0 Å². The van der Waals surface area contributed by atoms with Crippen molar-refractivity contribution in [2.24, 2.45) is 7.05 Å². The molecular formula is C14H24ClN3O2. The molecule has 6 heteroatoms. The number of aryl methyl sites for hydroxylation is 2. The lowest BCUT2D eigenvalue weighted by Gasteiger charge is -2.20. The number of ether oxygens (including phenoxy) is 1. The van der Waals surface area contributed by atoms with Crippen molar-refractivity contribution in [3.63, 3.8) is 0 Å². The number of halogens is 1. The van der Waals surface area contributed by atoms with Gasteiger partial charge in [0.05, 0.1) is 29.6 Å². The van der Waals surface area contributed by atoms with Crippen molar-refractivity contribution >= 4 is 17.6 Å². The Labute approximate surface area is 125 Å². The third-order valence-corrected chi connectivity index (χ3v) is 3.51. The Balaban J connectivity index is 2.79. The van der Waals surface area contributed by atoms with E-state index in [9.17, 15) is 4.79 Å². The molecule has 0 aliphatic rings. The average Bonchev–Trinajstić information content (AvgIpc) is 2.66. The Hall–Kier alpha value is -1.07. The highest BCUT2D eigenvalue weighted by Crippen LogP contribution is 2.22. The van der Waals surface area contributed by atoms with Crippen LogP contribution in [0.3, 0.4) is 0 Å². The highest BCUT2D eigenvalue weighted by atomic mass is 35.5. The van der Waals surface area contributed by atoms with Crippen LogP contribution >= 0.6 is 11.6 Å². The van der Waals surface area contributed by atoms with Gasteiger partial charge in [-0.05, 0) is 26.3 Å². The van der Waals surface area contributed by atoms with Gasteiger partial charge >= 0.3 is 5.97 Å². The Bertz CT molecular complexity index is 446. The van der Waals surface area contributed by atoms with Gasteiger partial charge in [0.15, 0.2) is 0 Å². The summed E-state index contributed by atoms with van der Waals surface area (Å²) in [6.07, 6.45) is 1.77. The van der Waals surface area contributed by atoms with Crippen molar-refractivity contribution < 1.29 is 9.53 Å². The van der Waals surface area contributed by atoms with E-state index >= 15 is 0 Å². The first-order chi connectivity index (χ1) is 9.53. The van der Waals surface area contributed by atoms with Crippen LogP contribution in [0.5, 0.6) is 0 Å². The zero-order chi connectivity index (χ0) is 15.1. The number of carbonyl (C=O) groups is 1. The van der Waals surface area contributed by atoms with Crippen LogP contribution in [0.4, 0.5) is 0 Å². The van der Waals surface area contributed by atoms with E-state index in [1.807, 2.05) is 25.8 Å². The maximum Gasteiger partial charge on any atom is 0.320 e. The van der Waals surface area contributed by atoms with Crippen molar-refractivity contribution in [3.8, 4) is 0 Å². The van der Waals surface area contributed by atoms with Gasteiger partial charge in [0.2, 0.25) is 0 Å². The van der Waals surface area contributed by atoms with Gasteiger partial charge in [-0.3, -0.25) is 14.4 Å². The molecule has 1 rings (SSSR count). The van der Waals surface area contributed by atoms with E-state index in [4.69, 9.17) is 16.3 Å². The summed E-state index contributed by atoms with van der Waals surface area (Å²) in [5.41, 5.74) is 1.85. The molecule has 5 nitrogen and oxygen atoms in total. The predicted molar refractivity (Wildman–Crippen MR) is 79.8 cm³/mol. The summed E-state index contributed by atoms with van der Waals surface area (Å²) in [5.74, 6) is -0.199. The van der Waals surface area contributed by atoms with Gasteiger partial charge < -0.3 is 4.74 Å². The third-order valence-electron chi connectivity index (χ3n) is 3.07. The molecule has 0 atom stereocenters. The van der Waals surface area contributed by atoms with Gasteiger partial charge in [-0.25, -0.2) is 0 Å². The highest BCUT2D eigenvalue weighted by molar-refractivity contribution is 6.31. The molecule has 0 saturated carbocycles. The number of hydrogen-bond acceptors (Lipinski definition) is 4. The van der Waals surface area contributed by atoms with E-state index in [0.29, 0.717) is 18.2 Å². The van der Waals surface area contributed by atoms with E-state index in [1.165, 1.54) is 0 Å². The lowest BCUT2D eigenvalue weighted by atomic mass is 10.2. The van der Waals surface area contributed by atoms with Gasteiger partial charge in [-0.15, -0.1) is 0 Å². The Morgan fingerprint density at radius 2 is 2.10 bits per heavy atom. The molecule has 1 aromatic heterocycles. The molecular weight excluding hydrogens is 278 g/mol. The fourth-order valence-electron chi connectivity index (χ4n) is 2.12. The van der Waals surface area contributed by atoms with E-state index < -0.39 is 0 Å². The Kier molecular flexibility index (Phi) is 7.02. The minimum absolute atomic E-state index is 0.199. The summed E-state index contributed by atoms with van der Waals surface area (Å²) in [6.45, 7) is 8.04. The van der Waals surface area contributed by atoms with Gasteiger partial charge in [-0.2, -0.15) is 5.10 Å². The molecule has 1 heterocycles. The first-order valence-corrected chi connectivity index (χ1v) is 7.49. The maximum atomic E-state index is 11.6. The normalized spacial score (nSPS) is 11.1. The smallest absolute Gasteiger partial charge is 0.320 e. The minimum Gasteiger partial charge on any atom is -0.465 e. The van der Waals surface area contributed by atoms with Crippen molar-refractivity contribution in [3.05, 3.63) is 16.4 Å². The zero-order valence-electron chi connectivity index (χ0n) is 12.8. The van der Waals surface area contributed by atoms with Gasteiger partial charge in [-0.1, -0.05) is 25.4 Å². The standard InChI is InChI=1S/C14H24ClN3O2/c1-5-8-18(10-13(19)20-7-3)9-12-14(15)11(6-2)16-17(12)4/h5-10H2,1-4H3. The molecule has 0 N–H and O–H groups in total. The van der Waals surface area contributed by atoms with E-state index in [2.05, 4.69) is 12.0 Å². The molecule has 0 aromatic carbocycles. The first-order valence-electron chi connectivity index (χ1n) is 7.11. The van der Waals surface area contributed by atoms with Crippen LogP contribution < -0.4 is 0 Å². The Morgan fingerprint density at radius 3 is 2.60 bits per heavy atom. The Morgan fingerprint density at radius 1 is 1.40 bits per heavy atom. The monoisotopic (exact) mass is 301 g/mol. The van der Waals surface area contributed by atoms with Crippen LogP contribution in [-0.2, 0) is 29.5 Å². The summed E-state index contributed by atoms with van der Waals surface area (Å²) in [5, 5.41) is 5.11. The number of carbonyl (C=O) groups excluding carboxylic acids is 1. The zero-order valence-corrected chi connectivity index (χ0v) is 13.5. The molecule has 0 aliphatic carbocycles. The molecule has 20 heavy (non-hydrogen) atoms. The SMILES string of the molecule is CCCN(CC(=O)OCC)Cc1c(Cl)c(CC)nn1C. The number of rotatable bonds is 8. The lowest BCUT2D eigenvalue weighted by Crippen LogP contribution is -2.32. The number of hydrogen-bond donors (Lipinski definition) is 0. The highest BCUT2D eigenvalue weighted by Gasteiger charge is 2.18. The predicted octanol–water partition coefficient (Wildman–Crippen LogP) is 2.41. The second-order valence-electron chi connectivity index (χ2n) is 4.70. The topological polar surface area (TPSA) is 47.4 Å². The van der Waals surface area contributed by atoms with Gasteiger partial charge in [0, 0.05) is 13.6 Å². The summed E-state index contributed by atoms with van der Waals surface area (Å²) in [7, 11) is 1.88. The number of aromatic nitrogens is 2. The van der Waals surface area contributed by atoms with Gasteiger partial charge in [0.25, 0.3) is 0 Å².